The largest absolute Gasteiger partial charge is 0.459 e. The first-order chi connectivity index (χ1) is 19.3. The molecule has 3 heteroatoms. The molecule has 3 aromatic carbocycles. The summed E-state index contributed by atoms with van der Waals surface area (Å²) in [4.78, 5) is 1.53. The van der Waals surface area contributed by atoms with Gasteiger partial charge < -0.3 is 9.30 Å². The zero-order valence-corrected chi connectivity index (χ0v) is 22.4. The summed E-state index contributed by atoms with van der Waals surface area (Å²) >= 11 is 2.01. The summed E-state index contributed by atoms with van der Waals surface area (Å²) in [6.07, 6.45) is 18.4. The van der Waals surface area contributed by atoms with Crippen molar-refractivity contribution in [3.05, 3.63) is 130 Å². The second-order valence-corrected chi connectivity index (χ2v) is 12.2. The molecule has 0 spiro atoms. The van der Waals surface area contributed by atoms with Gasteiger partial charge in [-0.25, -0.2) is 0 Å². The van der Waals surface area contributed by atoms with Crippen LogP contribution in [0.5, 0.6) is 5.75 Å². The van der Waals surface area contributed by atoms with Gasteiger partial charge in [0, 0.05) is 37.5 Å². The molecule has 0 bridgehead atoms. The predicted octanol–water partition coefficient (Wildman–Crippen LogP) is 9.47. The van der Waals surface area contributed by atoms with Crippen molar-refractivity contribution in [2.75, 3.05) is 0 Å². The summed E-state index contributed by atoms with van der Waals surface area (Å²) in [5.74, 6) is 2.75. The fourth-order valence-corrected chi connectivity index (χ4v) is 8.55. The van der Waals surface area contributed by atoms with Gasteiger partial charge in [0.2, 0.25) is 0 Å². The number of allylic oxidation sites excluding steroid dienone is 6. The van der Waals surface area contributed by atoms with Crippen molar-refractivity contribution < 1.29 is 4.74 Å². The summed E-state index contributed by atoms with van der Waals surface area (Å²) in [6, 6.07) is 24.2. The Kier molecular flexibility index (Phi) is 4.59. The Bertz CT molecular complexity index is 1940. The standard InChI is InChI=1S/C36H27NOS/c1-2-9-22(10-3-1)23-17-19-29-28(21-23)34-30(20-18-27-25-12-5-7-16-33(25)39-36(27)34)37(29)31-14-8-13-26-24-11-4-6-15-32(24)38-35(26)31/h1-6,8-12,14-15,17-20,23,26H,7,13,16,21H2. The van der Waals surface area contributed by atoms with E-state index in [4.69, 9.17) is 4.74 Å². The SMILES string of the molecule is C1=Cc2c(sc3c2ccc2c3c3c(n2C2=C4Oc5ccccc5C4CC=C2)C=CC(c2ccccc2)C3)CC1. The van der Waals surface area contributed by atoms with Crippen molar-refractivity contribution >= 4 is 50.2 Å². The number of fused-ring (bicyclic) bond motifs is 10. The van der Waals surface area contributed by atoms with Crippen molar-refractivity contribution in [2.45, 2.75) is 37.5 Å². The molecular weight excluding hydrogens is 494 g/mol. The number of rotatable bonds is 2. The van der Waals surface area contributed by atoms with Crippen LogP contribution in [0.1, 0.15) is 57.5 Å². The summed E-state index contributed by atoms with van der Waals surface area (Å²) in [7, 11) is 0. The van der Waals surface area contributed by atoms with Crippen LogP contribution in [0, 0.1) is 0 Å². The minimum absolute atomic E-state index is 0.279. The first kappa shape index (κ1) is 21.8. The minimum atomic E-state index is 0.279. The van der Waals surface area contributed by atoms with Crippen LogP contribution < -0.4 is 4.74 Å². The fourth-order valence-electron chi connectivity index (χ4n) is 7.18. The maximum absolute atomic E-state index is 6.61. The van der Waals surface area contributed by atoms with Gasteiger partial charge in [-0.05, 0) is 66.7 Å². The maximum atomic E-state index is 6.61. The Balaban J connectivity index is 1.33. The molecule has 0 N–H and O–H groups in total. The van der Waals surface area contributed by atoms with Crippen molar-refractivity contribution in [3.8, 4) is 5.75 Å². The minimum Gasteiger partial charge on any atom is -0.459 e. The zero-order chi connectivity index (χ0) is 25.5. The smallest absolute Gasteiger partial charge is 0.136 e. The lowest BCUT2D eigenvalue weighted by Gasteiger charge is -2.22. The number of hydrogen-bond donors (Lipinski definition) is 0. The molecule has 2 unspecified atom stereocenters. The number of para-hydroxylation sites is 1. The molecule has 1 aliphatic heterocycles. The van der Waals surface area contributed by atoms with E-state index in [1.54, 1.807) is 0 Å². The highest BCUT2D eigenvalue weighted by atomic mass is 32.1. The van der Waals surface area contributed by atoms with Crippen molar-refractivity contribution in [2.24, 2.45) is 0 Å². The van der Waals surface area contributed by atoms with Gasteiger partial charge in [-0.2, -0.15) is 0 Å². The Labute approximate surface area is 231 Å². The van der Waals surface area contributed by atoms with Gasteiger partial charge in [0.25, 0.3) is 0 Å². The Morgan fingerprint density at radius 2 is 1.77 bits per heavy atom. The Morgan fingerprint density at radius 3 is 2.72 bits per heavy atom. The van der Waals surface area contributed by atoms with Gasteiger partial charge in [-0.3, -0.25) is 0 Å². The lowest BCUT2D eigenvalue weighted by atomic mass is 9.86. The molecule has 0 radical (unpaired) electrons. The van der Waals surface area contributed by atoms with Gasteiger partial charge in [0.15, 0.2) is 0 Å². The number of ether oxygens (including phenoxy) is 1. The van der Waals surface area contributed by atoms with Crippen LogP contribution in [-0.4, -0.2) is 4.57 Å². The molecule has 0 amide bonds. The van der Waals surface area contributed by atoms with E-state index in [2.05, 4.69) is 108 Å². The average Bonchev–Trinajstić information content (AvgIpc) is 3.66. The molecule has 3 heterocycles. The first-order valence-electron chi connectivity index (χ1n) is 14.0. The molecule has 2 nitrogen and oxygen atoms in total. The first-order valence-corrected chi connectivity index (χ1v) is 14.9. The van der Waals surface area contributed by atoms with Crippen LogP contribution in [-0.2, 0) is 12.8 Å². The molecule has 2 atom stereocenters. The fraction of sp³-hybridized carbons (Fsp3) is 0.167. The topological polar surface area (TPSA) is 14.2 Å². The molecule has 39 heavy (non-hydrogen) atoms. The third kappa shape index (κ3) is 3.08. The van der Waals surface area contributed by atoms with E-state index in [0.717, 1.165) is 37.2 Å². The van der Waals surface area contributed by atoms with Crippen molar-refractivity contribution in [1.82, 2.24) is 4.57 Å². The molecule has 2 aromatic heterocycles. The molecular formula is C36H27NOS. The molecule has 9 rings (SSSR count). The van der Waals surface area contributed by atoms with E-state index in [-0.39, 0.29) is 5.92 Å². The van der Waals surface area contributed by atoms with Gasteiger partial charge in [0.05, 0.1) is 17.1 Å². The second-order valence-electron chi connectivity index (χ2n) is 11.1. The summed E-state index contributed by atoms with van der Waals surface area (Å²) < 4.78 is 10.6. The van der Waals surface area contributed by atoms with Crippen LogP contribution in [0.3, 0.4) is 0 Å². The van der Waals surface area contributed by atoms with E-state index in [1.807, 2.05) is 11.3 Å². The normalized spacial score (nSPS) is 20.7. The Hall–Kier alpha value is -4.08. The molecule has 5 aromatic rings. The quantitative estimate of drug-likeness (QED) is 0.226. The lowest BCUT2D eigenvalue weighted by Crippen LogP contribution is -2.12. The van der Waals surface area contributed by atoms with Crippen LogP contribution >= 0.6 is 11.3 Å². The van der Waals surface area contributed by atoms with Gasteiger partial charge >= 0.3 is 0 Å². The van der Waals surface area contributed by atoms with Gasteiger partial charge in [0.1, 0.15) is 11.5 Å². The van der Waals surface area contributed by atoms with Gasteiger partial charge in [-0.1, -0.05) is 78.9 Å². The lowest BCUT2D eigenvalue weighted by molar-refractivity contribution is 0.425. The third-order valence-electron chi connectivity index (χ3n) is 8.98. The van der Waals surface area contributed by atoms with Crippen molar-refractivity contribution in [3.63, 3.8) is 0 Å². The van der Waals surface area contributed by atoms with E-state index < -0.39 is 0 Å². The van der Waals surface area contributed by atoms with E-state index in [1.165, 1.54) is 59.5 Å². The number of aromatic nitrogens is 1. The van der Waals surface area contributed by atoms with Crippen LogP contribution in [0.15, 0.2) is 96.8 Å². The highest BCUT2D eigenvalue weighted by Crippen LogP contribution is 2.50. The molecule has 3 aliphatic carbocycles. The van der Waals surface area contributed by atoms with Crippen LogP contribution in [0.25, 0.3) is 38.8 Å². The highest BCUT2D eigenvalue weighted by Gasteiger charge is 2.35. The summed E-state index contributed by atoms with van der Waals surface area (Å²) in [5, 5.41) is 2.84. The highest BCUT2D eigenvalue weighted by molar-refractivity contribution is 7.20. The summed E-state index contributed by atoms with van der Waals surface area (Å²) in [5.41, 5.74) is 9.37. The number of thiophene rings is 1. The van der Waals surface area contributed by atoms with E-state index >= 15 is 0 Å². The number of hydrogen-bond acceptors (Lipinski definition) is 2. The number of aryl methyl sites for hydroxylation is 1. The number of nitrogens with zero attached hydrogens (tertiary/aromatic N) is 1. The molecule has 188 valence electrons. The second kappa shape index (κ2) is 8.21. The summed E-state index contributed by atoms with van der Waals surface area (Å²) in [6.45, 7) is 0. The maximum Gasteiger partial charge on any atom is 0.136 e. The number of benzene rings is 3. The predicted molar refractivity (Wildman–Crippen MR) is 163 cm³/mol. The van der Waals surface area contributed by atoms with E-state index in [9.17, 15) is 0 Å². The monoisotopic (exact) mass is 521 g/mol. The molecule has 0 saturated heterocycles. The van der Waals surface area contributed by atoms with Crippen LogP contribution in [0.2, 0.25) is 0 Å². The van der Waals surface area contributed by atoms with Gasteiger partial charge in [-0.15, -0.1) is 11.3 Å². The van der Waals surface area contributed by atoms with Crippen LogP contribution in [0.4, 0.5) is 0 Å². The van der Waals surface area contributed by atoms with E-state index in [0.29, 0.717) is 5.92 Å². The zero-order valence-electron chi connectivity index (χ0n) is 21.6. The van der Waals surface area contributed by atoms with Crippen molar-refractivity contribution in [1.29, 1.82) is 0 Å². The molecule has 0 fully saturated rings. The molecule has 4 aliphatic rings. The Morgan fingerprint density at radius 1 is 0.872 bits per heavy atom. The third-order valence-corrected chi connectivity index (χ3v) is 10.3. The molecule has 0 saturated carbocycles. The average molecular weight is 522 g/mol.